The van der Waals surface area contributed by atoms with Crippen molar-refractivity contribution in [1.29, 1.82) is 0 Å². The Bertz CT molecular complexity index is 1700. The van der Waals surface area contributed by atoms with Gasteiger partial charge in [0, 0.05) is 5.69 Å². The number of fused-ring (bicyclic) bond motifs is 1. The van der Waals surface area contributed by atoms with Crippen LogP contribution >= 0.6 is 11.3 Å². The van der Waals surface area contributed by atoms with Gasteiger partial charge in [0.25, 0.3) is 11.5 Å². The first-order valence-corrected chi connectivity index (χ1v) is 13.3. The number of amides is 1. The molecule has 2 heterocycles. The summed E-state index contributed by atoms with van der Waals surface area (Å²) in [6.07, 6.45) is 1.89. The number of nitrogens with one attached hydrogen (secondary N) is 1. The van der Waals surface area contributed by atoms with Gasteiger partial charge in [-0.05, 0) is 59.9 Å². The average molecular weight is 524 g/mol. The number of aromatic nitrogens is 1. The molecule has 1 N–H and O–H groups in total. The monoisotopic (exact) mass is 523 g/mol. The maximum absolute atomic E-state index is 13.9. The molecule has 1 atom stereocenters. The average Bonchev–Trinajstić information content (AvgIpc) is 3.22. The van der Waals surface area contributed by atoms with Crippen molar-refractivity contribution in [3.05, 3.63) is 127 Å². The normalized spacial score (nSPS) is 15.3. The number of anilines is 1. The first-order valence-electron chi connectivity index (χ1n) is 12.5. The number of methoxy groups -OCH3 is 1. The minimum atomic E-state index is -0.657. The van der Waals surface area contributed by atoms with Gasteiger partial charge in [-0.25, -0.2) is 4.99 Å². The summed E-state index contributed by atoms with van der Waals surface area (Å²) in [5, 5.41) is 2.97. The third-order valence-electron chi connectivity index (χ3n) is 6.61. The number of thiazole rings is 1. The molecule has 1 aliphatic heterocycles. The highest BCUT2D eigenvalue weighted by atomic mass is 32.1. The van der Waals surface area contributed by atoms with E-state index in [1.165, 1.54) is 16.9 Å². The van der Waals surface area contributed by atoms with Gasteiger partial charge in [0.05, 0.1) is 29.0 Å². The van der Waals surface area contributed by atoms with E-state index in [1.807, 2.05) is 79.7 Å². The molecule has 4 aromatic rings. The zero-order valence-corrected chi connectivity index (χ0v) is 22.6. The fraction of sp³-hybridized carbons (Fsp3) is 0.194. The van der Waals surface area contributed by atoms with Crippen molar-refractivity contribution < 1.29 is 9.53 Å². The lowest BCUT2D eigenvalue weighted by molar-refractivity contribution is -0.113. The fourth-order valence-corrected chi connectivity index (χ4v) is 5.63. The van der Waals surface area contributed by atoms with E-state index in [0.717, 1.165) is 11.1 Å². The Morgan fingerprint density at radius 2 is 1.79 bits per heavy atom. The number of carbonyl (C=O) groups excluding carboxylic acids is 1. The van der Waals surface area contributed by atoms with Crippen LogP contribution in [0, 0.1) is 0 Å². The molecular weight excluding hydrogens is 494 g/mol. The second-order valence-corrected chi connectivity index (χ2v) is 10.5. The van der Waals surface area contributed by atoms with E-state index in [2.05, 4.69) is 31.3 Å². The molecule has 0 aliphatic carbocycles. The largest absolute Gasteiger partial charge is 0.497 e. The van der Waals surface area contributed by atoms with Crippen LogP contribution in [0.1, 0.15) is 49.4 Å². The summed E-state index contributed by atoms with van der Waals surface area (Å²) < 4.78 is 7.65. The lowest BCUT2D eigenvalue weighted by Gasteiger charge is -2.25. The molecule has 192 valence electrons. The molecule has 5 rings (SSSR count). The van der Waals surface area contributed by atoms with Crippen LogP contribution in [0.3, 0.4) is 0 Å². The van der Waals surface area contributed by atoms with Crippen molar-refractivity contribution >= 4 is 29.0 Å². The number of rotatable bonds is 6. The summed E-state index contributed by atoms with van der Waals surface area (Å²) in [5.74, 6) is 0.775. The van der Waals surface area contributed by atoms with Crippen molar-refractivity contribution in [3.63, 3.8) is 0 Å². The van der Waals surface area contributed by atoms with E-state index in [9.17, 15) is 9.59 Å². The molecule has 6 nitrogen and oxygen atoms in total. The SMILES string of the molecule is COc1cccc([C@@H]2C(C(=O)Nc3ccccc3)=C(C)N=c3s/c(=C\c4ccc(C(C)C)cc4)c(=O)n32)c1. The molecule has 0 saturated heterocycles. The van der Waals surface area contributed by atoms with Crippen LogP contribution in [0.2, 0.25) is 0 Å². The minimum absolute atomic E-state index is 0.188. The first-order chi connectivity index (χ1) is 18.4. The topological polar surface area (TPSA) is 72.7 Å². The number of carbonyl (C=O) groups is 1. The molecule has 0 fully saturated rings. The summed E-state index contributed by atoms with van der Waals surface area (Å²) in [7, 11) is 1.60. The summed E-state index contributed by atoms with van der Waals surface area (Å²) in [4.78, 5) is 32.8. The number of ether oxygens (including phenoxy) is 1. The van der Waals surface area contributed by atoms with Crippen LogP contribution in [-0.2, 0) is 4.79 Å². The maximum atomic E-state index is 13.9. The molecule has 38 heavy (non-hydrogen) atoms. The van der Waals surface area contributed by atoms with Crippen molar-refractivity contribution in [2.45, 2.75) is 32.7 Å². The molecule has 3 aromatic carbocycles. The molecule has 0 saturated carbocycles. The second-order valence-electron chi connectivity index (χ2n) is 9.50. The Kier molecular flexibility index (Phi) is 7.11. The standard InChI is InChI=1S/C31H29N3O3S/c1-19(2)22-15-13-21(14-16-22)17-26-30(36)34-28(23-9-8-12-25(18-23)37-4)27(20(3)32-31(34)38-26)29(35)33-24-10-6-5-7-11-24/h5-19,28H,1-4H3,(H,33,35)/b26-17-/t28-/m1/s1. The predicted octanol–water partition coefficient (Wildman–Crippen LogP) is 5.01. The number of benzene rings is 3. The molecular formula is C31H29N3O3S. The van der Waals surface area contributed by atoms with E-state index in [1.54, 1.807) is 11.7 Å². The van der Waals surface area contributed by atoms with Crippen LogP contribution in [-0.4, -0.2) is 17.6 Å². The zero-order valence-electron chi connectivity index (χ0n) is 21.8. The lowest BCUT2D eigenvalue weighted by Crippen LogP contribution is -2.40. The van der Waals surface area contributed by atoms with Gasteiger partial charge in [0.2, 0.25) is 0 Å². The Labute approximate surface area is 225 Å². The number of hydrogen-bond acceptors (Lipinski definition) is 5. The number of hydrogen-bond donors (Lipinski definition) is 1. The summed E-state index contributed by atoms with van der Waals surface area (Å²) in [6, 6.07) is 24.3. The van der Waals surface area contributed by atoms with Gasteiger partial charge >= 0.3 is 0 Å². The Morgan fingerprint density at radius 1 is 1.05 bits per heavy atom. The number of nitrogens with zero attached hydrogens (tertiary/aromatic N) is 2. The summed E-state index contributed by atoms with van der Waals surface area (Å²) >= 11 is 1.33. The molecule has 0 spiro atoms. The van der Waals surface area contributed by atoms with Crippen molar-refractivity contribution in [2.75, 3.05) is 12.4 Å². The molecule has 1 aliphatic rings. The molecule has 0 unspecified atom stereocenters. The van der Waals surface area contributed by atoms with E-state index in [4.69, 9.17) is 9.73 Å². The second kappa shape index (κ2) is 10.6. The molecule has 0 bridgehead atoms. The fourth-order valence-electron chi connectivity index (χ4n) is 4.59. The molecule has 0 radical (unpaired) electrons. The Balaban J connectivity index is 1.65. The van der Waals surface area contributed by atoms with Gasteiger partial charge in [-0.15, -0.1) is 0 Å². The third kappa shape index (κ3) is 4.97. The maximum Gasteiger partial charge on any atom is 0.271 e. The highest BCUT2D eigenvalue weighted by Crippen LogP contribution is 2.32. The van der Waals surface area contributed by atoms with Crippen LogP contribution in [0.4, 0.5) is 5.69 Å². The van der Waals surface area contributed by atoms with E-state index in [0.29, 0.717) is 38.0 Å². The summed E-state index contributed by atoms with van der Waals surface area (Å²) in [6.45, 7) is 6.12. The molecule has 1 amide bonds. The predicted molar refractivity (Wildman–Crippen MR) is 152 cm³/mol. The quantitative estimate of drug-likeness (QED) is 0.386. The highest BCUT2D eigenvalue weighted by Gasteiger charge is 2.32. The van der Waals surface area contributed by atoms with Crippen LogP contribution < -0.4 is 24.9 Å². The van der Waals surface area contributed by atoms with E-state index in [-0.39, 0.29) is 11.5 Å². The first kappa shape index (κ1) is 25.4. The van der Waals surface area contributed by atoms with Gasteiger partial charge in [0.15, 0.2) is 4.80 Å². The Morgan fingerprint density at radius 3 is 2.47 bits per heavy atom. The van der Waals surface area contributed by atoms with Crippen molar-refractivity contribution in [1.82, 2.24) is 4.57 Å². The van der Waals surface area contributed by atoms with Crippen LogP contribution in [0.15, 0.2) is 99.9 Å². The van der Waals surface area contributed by atoms with Gasteiger partial charge in [-0.3, -0.25) is 14.2 Å². The minimum Gasteiger partial charge on any atom is -0.497 e. The van der Waals surface area contributed by atoms with Gasteiger partial charge in [-0.1, -0.05) is 79.8 Å². The number of allylic oxidation sites excluding steroid dienone is 1. The Hall–Kier alpha value is -4.23. The van der Waals surface area contributed by atoms with E-state index >= 15 is 0 Å². The van der Waals surface area contributed by atoms with E-state index < -0.39 is 6.04 Å². The summed E-state index contributed by atoms with van der Waals surface area (Å²) in [5.41, 5.74) is 4.42. The zero-order chi connectivity index (χ0) is 26.8. The smallest absolute Gasteiger partial charge is 0.271 e. The van der Waals surface area contributed by atoms with Crippen molar-refractivity contribution in [2.24, 2.45) is 4.99 Å². The van der Waals surface area contributed by atoms with Gasteiger partial charge in [-0.2, -0.15) is 0 Å². The highest BCUT2D eigenvalue weighted by molar-refractivity contribution is 7.07. The lowest BCUT2D eigenvalue weighted by atomic mass is 9.95. The molecule has 7 heteroatoms. The van der Waals surface area contributed by atoms with Gasteiger partial charge < -0.3 is 10.1 Å². The van der Waals surface area contributed by atoms with Crippen LogP contribution in [0.25, 0.3) is 6.08 Å². The molecule has 1 aromatic heterocycles. The van der Waals surface area contributed by atoms with Gasteiger partial charge in [0.1, 0.15) is 5.75 Å². The van der Waals surface area contributed by atoms with Crippen molar-refractivity contribution in [3.8, 4) is 5.75 Å². The third-order valence-corrected chi connectivity index (χ3v) is 7.59. The number of para-hydroxylation sites is 1. The van der Waals surface area contributed by atoms with Crippen LogP contribution in [0.5, 0.6) is 5.75 Å².